The number of carbonyl (C=O) groups excluding carboxylic acids is 2. The van der Waals surface area contributed by atoms with E-state index in [9.17, 15) is 19.8 Å². The molecule has 0 unspecified atom stereocenters. The van der Waals surface area contributed by atoms with Gasteiger partial charge in [-0.1, -0.05) is 19.4 Å². The van der Waals surface area contributed by atoms with E-state index in [2.05, 4.69) is 13.8 Å². The predicted octanol–water partition coefficient (Wildman–Crippen LogP) is 2.67. The fraction of sp³-hybridized carbons (Fsp3) is 0.810. The standard InChI is InChI=1S/C21H30O4/c1-20-8-7-13(23)9-12(20)3-4-14-15-5-6-16(18(25)11-22)21(15,2)10-17(24)19(14)20/h9,14-16,18-19,22,25H,3-8,10-11H2,1-2H3/t14-,15-,16+,18-,19+,20-,21-/m0/s1. The molecule has 4 heteroatoms. The quantitative estimate of drug-likeness (QED) is 0.806. The highest BCUT2D eigenvalue weighted by Crippen LogP contribution is 2.65. The molecule has 0 aromatic carbocycles. The highest BCUT2D eigenvalue weighted by molar-refractivity contribution is 5.93. The van der Waals surface area contributed by atoms with E-state index in [-0.39, 0.29) is 35.1 Å². The van der Waals surface area contributed by atoms with Gasteiger partial charge in [-0.15, -0.1) is 0 Å². The Bertz CT molecular complexity index is 638. The van der Waals surface area contributed by atoms with Crippen molar-refractivity contribution in [1.29, 1.82) is 0 Å². The van der Waals surface area contributed by atoms with Crippen LogP contribution in [-0.4, -0.2) is 34.5 Å². The van der Waals surface area contributed by atoms with Gasteiger partial charge in [0.1, 0.15) is 5.78 Å². The largest absolute Gasteiger partial charge is 0.394 e. The summed E-state index contributed by atoms with van der Waals surface area (Å²) in [6, 6.07) is 0. The van der Waals surface area contributed by atoms with Crippen LogP contribution in [0.4, 0.5) is 0 Å². The summed E-state index contributed by atoms with van der Waals surface area (Å²) in [5, 5.41) is 19.7. The van der Waals surface area contributed by atoms with E-state index in [1.54, 1.807) is 0 Å². The molecule has 4 rings (SSSR count). The number of ketones is 2. The minimum atomic E-state index is -0.721. The Morgan fingerprint density at radius 3 is 2.68 bits per heavy atom. The molecular weight excluding hydrogens is 316 g/mol. The Hall–Kier alpha value is -1.00. The Labute approximate surface area is 149 Å². The first-order chi connectivity index (χ1) is 11.8. The summed E-state index contributed by atoms with van der Waals surface area (Å²) in [5.74, 6) is 1.39. The minimum Gasteiger partial charge on any atom is -0.394 e. The normalized spacial score (nSPS) is 47.6. The van der Waals surface area contributed by atoms with Gasteiger partial charge in [0.2, 0.25) is 0 Å². The summed E-state index contributed by atoms with van der Waals surface area (Å²) in [6.07, 6.45) is 6.83. The number of fused-ring (bicyclic) bond motifs is 5. The third-order valence-corrected chi connectivity index (χ3v) is 8.37. The van der Waals surface area contributed by atoms with Gasteiger partial charge >= 0.3 is 0 Å². The summed E-state index contributed by atoms with van der Waals surface area (Å²) in [6.45, 7) is 4.15. The zero-order valence-electron chi connectivity index (χ0n) is 15.3. The van der Waals surface area contributed by atoms with Gasteiger partial charge in [-0.05, 0) is 66.8 Å². The first kappa shape index (κ1) is 17.4. The molecule has 0 aromatic heterocycles. The number of Topliss-reactive ketones (excluding diaryl/α,β-unsaturated/α-hetero) is 1. The summed E-state index contributed by atoms with van der Waals surface area (Å²) >= 11 is 0. The van der Waals surface area contributed by atoms with Gasteiger partial charge in [-0.25, -0.2) is 0 Å². The van der Waals surface area contributed by atoms with E-state index < -0.39 is 6.10 Å². The molecule has 3 saturated carbocycles. The van der Waals surface area contributed by atoms with E-state index in [4.69, 9.17) is 0 Å². The second-order valence-corrected chi connectivity index (χ2v) is 9.42. The van der Waals surface area contributed by atoms with Gasteiger partial charge in [0.05, 0.1) is 12.7 Å². The van der Waals surface area contributed by atoms with E-state index in [0.29, 0.717) is 30.5 Å². The van der Waals surface area contributed by atoms with Crippen molar-refractivity contribution >= 4 is 11.6 Å². The van der Waals surface area contributed by atoms with Gasteiger partial charge in [-0.2, -0.15) is 0 Å². The van der Waals surface area contributed by atoms with Crippen LogP contribution < -0.4 is 0 Å². The Morgan fingerprint density at radius 2 is 1.96 bits per heavy atom. The zero-order chi connectivity index (χ0) is 18.0. The van der Waals surface area contributed by atoms with Crippen molar-refractivity contribution in [3.05, 3.63) is 11.6 Å². The van der Waals surface area contributed by atoms with Gasteiger partial charge in [0.15, 0.2) is 5.78 Å². The monoisotopic (exact) mass is 346 g/mol. The van der Waals surface area contributed by atoms with E-state index in [1.165, 1.54) is 5.57 Å². The number of carbonyl (C=O) groups is 2. The molecule has 4 aliphatic rings. The van der Waals surface area contributed by atoms with E-state index >= 15 is 0 Å². The topological polar surface area (TPSA) is 74.6 Å². The van der Waals surface area contributed by atoms with Crippen molar-refractivity contribution in [2.45, 2.75) is 64.9 Å². The van der Waals surface area contributed by atoms with E-state index in [0.717, 1.165) is 32.1 Å². The van der Waals surface area contributed by atoms with Crippen LogP contribution in [0.1, 0.15) is 58.8 Å². The lowest BCUT2D eigenvalue weighted by atomic mass is 9.46. The highest BCUT2D eigenvalue weighted by atomic mass is 16.3. The predicted molar refractivity (Wildman–Crippen MR) is 93.7 cm³/mol. The lowest BCUT2D eigenvalue weighted by molar-refractivity contribution is -0.149. The maximum atomic E-state index is 13.3. The van der Waals surface area contributed by atoms with Crippen LogP contribution in [0.3, 0.4) is 0 Å². The fourth-order valence-electron chi connectivity index (χ4n) is 7.18. The van der Waals surface area contributed by atoms with Crippen LogP contribution >= 0.6 is 0 Å². The molecule has 4 nitrogen and oxygen atoms in total. The molecule has 0 saturated heterocycles. The summed E-state index contributed by atoms with van der Waals surface area (Å²) in [7, 11) is 0. The second kappa shape index (κ2) is 5.75. The van der Waals surface area contributed by atoms with Crippen molar-refractivity contribution < 1.29 is 19.8 Å². The third-order valence-electron chi connectivity index (χ3n) is 8.37. The number of allylic oxidation sites excluding steroid dienone is 1. The summed E-state index contributed by atoms with van der Waals surface area (Å²) < 4.78 is 0. The Morgan fingerprint density at radius 1 is 1.20 bits per heavy atom. The van der Waals surface area contributed by atoms with Crippen LogP contribution in [0.2, 0.25) is 0 Å². The third kappa shape index (κ3) is 2.33. The molecule has 25 heavy (non-hydrogen) atoms. The SMILES string of the molecule is C[C@]12CC(=O)[C@H]3[C@@H](CCC4=CC(=O)CC[C@@]43C)[C@@H]1CC[C@@H]2[C@@H](O)CO. The molecule has 0 aromatic rings. The van der Waals surface area contributed by atoms with Crippen molar-refractivity contribution in [3.63, 3.8) is 0 Å². The Kier molecular flexibility index (Phi) is 4.01. The molecule has 0 bridgehead atoms. The first-order valence-electron chi connectivity index (χ1n) is 9.87. The number of rotatable bonds is 2. The molecule has 0 amide bonds. The maximum Gasteiger partial charge on any atom is 0.155 e. The van der Waals surface area contributed by atoms with Crippen LogP contribution in [0, 0.1) is 34.5 Å². The zero-order valence-corrected chi connectivity index (χ0v) is 15.3. The summed E-state index contributed by atoms with van der Waals surface area (Å²) in [5.41, 5.74) is 0.859. The molecule has 4 aliphatic carbocycles. The minimum absolute atomic E-state index is 0.0186. The lowest BCUT2D eigenvalue weighted by Crippen LogP contribution is -2.55. The average Bonchev–Trinajstić information content (AvgIpc) is 2.91. The molecule has 2 N–H and O–H groups in total. The van der Waals surface area contributed by atoms with Gasteiger partial charge < -0.3 is 10.2 Å². The number of aliphatic hydroxyl groups excluding tert-OH is 2. The first-order valence-corrected chi connectivity index (χ1v) is 9.87. The second-order valence-electron chi connectivity index (χ2n) is 9.42. The van der Waals surface area contributed by atoms with Crippen molar-refractivity contribution in [1.82, 2.24) is 0 Å². The molecule has 0 radical (unpaired) electrons. The lowest BCUT2D eigenvalue weighted by Gasteiger charge is -2.57. The molecular formula is C21H30O4. The number of hydrogen-bond acceptors (Lipinski definition) is 4. The smallest absolute Gasteiger partial charge is 0.155 e. The molecule has 7 atom stereocenters. The van der Waals surface area contributed by atoms with Gasteiger partial charge in [0, 0.05) is 18.8 Å². The van der Waals surface area contributed by atoms with Crippen LogP contribution in [0.15, 0.2) is 11.6 Å². The molecule has 0 spiro atoms. The van der Waals surface area contributed by atoms with Crippen LogP contribution in [0.25, 0.3) is 0 Å². The summed E-state index contributed by atoms with van der Waals surface area (Å²) in [4.78, 5) is 25.2. The highest BCUT2D eigenvalue weighted by Gasteiger charge is 2.62. The fourth-order valence-corrected chi connectivity index (χ4v) is 7.18. The molecule has 0 aliphatic heterocycles. The van der Waals surface area contributed by atoms with Crippen molar-refractivity contribution in [2.24, 2.45) is 34.5 Å². The van der Waals surface area contributed by atoms with Gasteiger partial charge in [0.25, 0.3) is 0 Å². The number of hydrogen-bond donors (Lipinski definition) is 2. The van der Waals surface area contributed by atoms with Crippen molar-refractivity contribution in [2.75, 3.05) is 6.61 Å². The maximum absolute atomic E-state index is 13.3. The number of aliphatic hydroxyl groups is 2. The van der Waals surface area contributed by atoms with Crippen LogP contribution in [0.5, 0.6) is 0 Å². The van der Waals surface area contributed by atoms with Crippen molar-refractivity contribution in [3.8, 4) is 0 Å². The van der Waals surface area contributed by atoms with Crippen LogP contribution in [-0.2, 0) is 9.59 Å². The molecule has 0 heterocycles. The van der Waals surface area contributed by atoms with Gasteiger partial charge in [-0.3, -0.25) is 9.59 Å². The average molecular weight is 346 g/mol. The molecule has 138 valence electrons. The Balaban J connectivity index is 1.70. The van der Waals surface area contributed by atoms with E-state index in [1.807, 2.05) is 6.08 Å². The molecule has 3 fully saturated rings.